The zero-order chi connectivity index (χ0) is 19.2. The van der Waals surface area contributed by atoms with Crippen molar-refractivity contribution in [2.24, 2.45) is 0 Å². The summed E-state index contributed by atoms with van der Waals surface area (Å²) in [6.07, 6.45) is 10.2. The number of rotatable bonds is 8. The number of fused-ring (bicyclic) bond motifs is 1. The predicted molar refractivity (Wildman–Crippen MR) is 103 cm³/mol. The third-order valence-electron chi connectivity index (χ3n) is 3.83. The summed E-state index contributed by atoms with van der Waals surface area (Å²) >= 11 is 0. The number of unbranched alkanes of at least 4 members (excludes halogenated alkanes) is 1. The van der Waals surface area contributed by atoms with Crippen molar-refractivity contribution in [3.63, 3.8) is 0 Å². The molecule has 0 aliphatic heterocycles. The number of hydrogen-bond acceptors (Lipinski definition) is 5. The Morgan fingerprint density at radius 1 is 1.08 bits per heavy atom. The molecule has 0 bridgehead atoms. The smallest absolute Gasteiger partial charge is 0.336 e. The number of ether oxygens (including phenoxy) is 3. The zero-order valence-electron chi connectivity index (χ0n) is 16.0. The average Bonchev–Trinajstić information content (AvgIpc) is 2.60. The predicted octanol–water partition coefficient (Wildman–Crippen LogP) is 4.88. The summed E-state index contributed by atoms with van der Waals surface area (Å²) in [6, 6.07) is 4.80. The van der Waals surface area contributed by atoms with Gasteiger partial charge in [0.1, 0.15) is 5.60 Å². The van der Waals surface area contributed by atoms with E-state index < -0.39 is 11.2 Å². The fraction of sp³-hybridized carbons (Fsp3) is 0.381. The Morgan fingerprint density at radius 3 is 2.46 bits per heavy atom. The number of allylic oxidation sites excluding steroid dienone is 3. The van der Waals surface area contributed by atoms with Gasteiger partial charge < -0.3 is 18.6 Å². The van der Waals surface area contributed by atoms with E-state index >= 15 is 0 Å². The van der Waals surface area contributed by atoms with E-state index in [0.717, 1.165) is 12.8 Å². The van der Waals surface area contributed by atoms with Gasteiger partial charge in [0.25, 0.3) is 0 Å². The van der Waals surface area contributed by atoms with Gasteiger partial charge in [-0.3, -0.25) is 0 Å². The van der Waals surface area contributed by atoms with Crippen LogP contribution in [0.3, 0.4) is 0 Å². The number of methoxy groups -OCH3 is 2. The zero-order valence-corrected chi connectivity index (χ0v) is 16.0. The topological polar surface area (TPSA) is 57.9 Å². The van der Waals surface area contributed by atoms with Crippen LogP contribution >= 0.6 is 0 Å². The molecule has 0 atom stereocenters. The lowest BCUT2D eigenvalue weighted by atomic mass is 10.1. The van der Waals surface area contributed by atoms with Crippen LogP contribution in [0.1, 0.15) is 33.6 Å². The van der Waals surface area contributed by atoms with Crippen molar-refractivity contribution in [2.75, 3.05) is 14.2 Å². The maximum atomic E-state index is 11.6. The molecule has 1 heterocycles. The summed E-state index contributed by atoms with van der Waals surface area (Å²) in [4.78, 5) is 11.6. The molecular formula is C21H26O5. The van der Waals surface area contributed by atoms with Crippen molar-refractivity contribution in [1.29, 1.82) is 0 Å². The fourth-order valence-electron chi connectivity index (χ4n) is 2.60. The normalized spacial score (nSPS) is 12.2. The van der Waals surface area contributed by atoms with Crippen LogP contribution in [0.5, 0.6) is 17.2 Å². The molecule has 0 saturated carbocycles. The Labute approximate surface area is 153 Å². The molecule has 2 rings (SSSR count). The molecule has 140 valence electrons. The number of benzene rings is 1. The van der Waals surface area contributed by atoms with E-state index in [4.69, 9.17) is 18.6 Å². The maximum Gasteiger partial charge on any atom is 0.336 e. The molecule has 0 fully saturated rings. The van der Waals surface area contributed by atoms with Gasteiger partial charge >= 0.3 is 5.63 Å². The lowest BCUT2D eigenvalue weighted by Gasteiger charge is -2.25. The summed E-state index contributed by atoms with van der Waals surface area (Å²) < 4.78 is 22.5. The van der Waals surface area contributed by atoms with E-state index in [9.17, 15) is 4.79 Å². The fourth-order valence-corrected chi connectivity index (χ4v) is 2.60. The molecule has 2 aromatic rings. The Kier molecular flexibility index (Phi) is 6.50. The highest BCUT2D eigenvalue weighted by atomic mass is 16.6. The second kappa shape index (κ2) is 8.61. The minimum Gasteiger partial charge on any atom is -0.493 e. The highest BCUT2D eigenvalue weighted by Crippen LogP contribution is 2.44. The summed E-state index contributed by atoms with van der Waals surface area (Å²) in [5, 5.41) is 0.699. The molecule has 1 aromatic heterocycles. The quantitative estimate of drug-likeness (QED) is 0.382. The summed E-state index contributed by atoms with van der Waals surface area (Å²) in [5.74, 6) is 1.26. The second-order valence-corrected chi connectivity index (χ2v) is 6.37. The van der Waals surface area contributed by atoms with E-state index in [1.807, 2.05) is 32.9 Å². The first-order chi connectivity index (χ1) is 12.4. The third-order valence-corrected chi connectivity index (χ3v) is 3.83. The van der Waals surface area contributed by atoms with Crippen LogP contribution in [0.25, 0.3) is 11.0 Å². The van der Waals surface area contributed by atoms with Crippen LogP contribution < -0.4 is 19.8 Å². The molecule has 0 amide bonds. The number of hydrogen-bond donors (Lipinski definition) is 0. The van der Waals surface area contributed by atoms with E-state index in [0.29, 0.717) is 28.2 Å². The van der Waals surface area contributed by atoms with Crippen LogP contribution in [0.2, 0.25) is 0 Å². The molecule has 0 spiro atoms. The molecule has 0 radical (unpaired) electrons. The Bertz CT molecular complexity index is 859. The Morgan fingerprint density at radius 2 is 1.81 bits per heavy atom. The lowest BCUT2D eigenvalue weighted by Crippen LogP contribution is -2.25. The van der Waals surface area contributed by atoms with Gasteiger partial charge in [0.05, 0.1) is 14.2 Å². The molecule has 26 heavy (non-hydrogen) atoms. The van der Waals surface area contributed by atoms with Gasteiger partial charge in [-0.15, -0.1) is 0 Å². The van der Waals surface area contributed by atoms with Crippen molar-refractivity contribution in [2.45, 2.75) is 39.2 Å². The van der Waals surface area contributed by atoms with Crippen molar-refractivity contribution >= 4 is 11.0 Å². The molecule has 5 heteroatoms. The van der Waals surface area contributed by atoms with E-state index in [2.05, 4.69) is 12.2 Å². The molecule has 0 unspecified atom stereocenters. The lowest BCUT2D eigenvalue weighted by molar-refractivity contribution is 0.148. The van der Waals surface area contributed by atoms with Crippen molar-refractivity contribution < 1.29 is 18.6 Å². The minimum atomic E-state index is -0.598. The molecule has 0 aliphatic carbocycles. The summed E-state index contributed by atoms with van der Waals surface area (Å²) in [6.45, 7) is 5.90. The maximum absolute atomic E-state index is 11.6. The minimum absolute atomic E-state index is 0.337. The summed E-state index contributed by atoms with van der Waals surface area (Å²) in [7, 11) is 3.07. The SMILES string of the molecule is C/C=C/CC/C=C/C(C)(C)Oc1c(OC)cc2ccc(=O)oc2c1OC. The van der Waals surface area contributed by atoms with Gasteiger partial charge in [-0.05, 0) is 51.8 Å². The highest BCUT2D eigenvalue weighted by molar-refractivity contribution is 5.88. The van der Waals surface area contributed by atoms with Crippen molar-refractivity contribution in [3.8, 4) is 17.2 Å². The van der Waals surface area contributed by atoms with Crippen LogP contribution in [-0.4, -0.2) is 19.8 Å². The Hall–Kier alpha value is -2.69. The van der Waals surface area contributed by atoms with Crippen molar-refractivity contribution in [3.05, 3.63) is 52.9 Å². The monoisotopic (exact) mass is 358 g/mol. The molecular weight excluding hydrogens is 332 g/mol. The van der Waals surface area contributed by atoms with Gasteiger partial charge in [0, 0.05) is 11.5 Å². The van der Waals surface area contributed by atoms with Gasteiger partial charge in [-0.1, -0.05) is 18.2 Å². The van der Waals surface area contributed by atoms with Crippen LogP contribution in [-0.2, 0) is 0 Å². The van der Waals surface area contributed by atoms with Gasteiger partial charge in [0.15, 0.2) is 11.3 Å². The van der Waals surface area contributed by atoms with Crippen LogP contribution in [0.4, 0.5) is 0 Å². The van der Waals surface area contributed by atoms with Crippen LogP contribution in [0.15, 0.2) is 51.7 Å². The van der Waals surface area contributed by atoms with Gasteiger partial charge in [-0.2, -0.15) is 0 Å². The molecule has 1 aromatic carbocycles. The molecule has 0 aliphatic rings. The first kappa shape index (κ1) is 19.6. The van der Waals surface area contributed by atoms with E-state index in [1.54, 1.807) is 19.2 Å². The average molecular weight is 358 g/mol. The van der Waals surface area contributed by atoms with Crippen molar-refractivity contribution in [1.82, 2.24) is 0 Å². The summed E-state index contributed by atoms with van der Waals surface area (Å²) in [5.41, 5.74) is -0.710. The Balaban J connectivity index is 2.42. The third kappa shape index (κ3) is 4.69. The molecule has 0 N–H and O–H groups in total. The first-order valence-corrected chi connectivity index (χ1v) is 8.58. The first-order valence-electron chi connectivity index (χ1n) is 8.58. The highest BCUT2D eigenvalue weighted by Gasteiger charge is 2.25. The van der Waals surface area contributed by atoms with Gasteiger partial charge in [-0.25, -0.2) is 4.79 Å². The second-order valence-electron chi connectivity index (χ2n) is 6.37. The molecule has 5 nitrogen and oxygen atoms in total. The largest absolute Gasteiger partial charge is 0.493 e. The van der Waals surface area contributed by atoms with Gasteiger partial charge in [0.2, 0.25) is 11.5 Å². The standard InChI is InChI=1S/C21H26O5/c1-6-7-8-9-10-13-21(2,3)26-19-16(23-4)14-15-11-12-17(22)25-18(15)20(19)24-5/h6-7,10-14H,8-9H2,1-5H3/b7-6+,13-10+. The van der Waals surface area contributed by atoms with Crippen LogP contribution in [0, 0.1) is 0 Å². The van der Waals surface area contributed by atoms with E-state index in [1.165, 1.54) is 13.2 Å². The molecule has 0 saturated heterocycles. The van der Waals surface area contributed by atoms with E-state index in [-0.39, 0.29) is 0 Å².